The number of aryl methyl sites for hydroxylation is 1. The Hall–Kier alpha value is -3.03. The van der Waals surface area contributed by atoms with Crippen molar-refractivity contribution in [3.05, 3.63) is 82.9 Å². The zero-order valence-corrected chi connectivity index (χ0v) is 18.4. The van der Waals surface area contributed by atoms with Crippen LogP contribution in [-0.4, -0.2) is 21.4 Å². The number of carbonyl (C=O) groups excluding carboxylic acids is 1. The van der Waals surface area contributed by atoms with Crippen molar-refractivity contribution in [1.29, 1.82) is 0 Å². The summed E-state index contributed by atoms with van der Waals surface area (Å²) in [4.78, 5) is 14.3. The van der Waals surface area contributed by atoms with Gasteiger partial charge in [-0.25, -0.2) is 8.42 Å². The highest BCUT2D eigenvalue weighted by molar-refractivity contribution is 7.92. The van der Waals surface area contributed by atoms with Gasteiger partial charge in [0.1, 0.15) is 5.75 Å². The molecule has 0 saturated carbocycles. The number of nitrogens with zero attached hydrogens (tertiary/aromatic N) is 1. The van der Waals surface area contributed by atoms with E-state index in [4.69, 9.17) is 16.3 Å². The fourth-order valence-electron chi connectivity index (χ4n) is 3.59. The molecule has 6 nitrogen and oxygen atoms in total. The van der Waals surface area contributed by atoms with Crippen LogP contribution in [-0.2, 0) is 27.8 Å². The summed E-state index contributed by atoms with van der Waals surface area (Å²) in [6.07, 6.45) is 0.938. The molecule has 160 valence electrons. The van der Waals surface area contributed by atoms with Crippen LogP contribution in [0.15, 0.2) is 71.6 Å². The van der Waals surface area contributed by atoms with Crippen molar-refractivity contribution >= 4 is 38.9 Å². The minimum absolute atomic E-state index is 0.0388. The zero-order chi connectivity index (χ0) is 22.0. The minimum atomic E-state index is -3.83. The third-order valence-corrected chi connectivity index (χ3v) is 6.82. The number of halogens is 1. The second-order valence-electron chi connectivity index (χ2n) is 7.21. The van der Waals surface area contributed by atoms with Gasteiger partial charge in [-0.3, -0.25) is 9.52 Å². The van der Waals surface area contributed by atoms with Gasteiger partial charge in [0, 0.05) is 17.8 Å². The number of benzene rings is 3. The number of fused-ring (bicyclic) bond motifs is 1. The fraction of sp³-hybridized carbons (Fsp3) is 0.174. The van der Waals surface area contributed by atoms with Crippen molar-refractivity contribution in [2.75, 3.05) is 16.7 Å². The van der Waals surface area contributed by atoms with Gasteiger partial charge in [0.25, 0.3) is 10.0 Å². The van der Waals surface area contributed by atoms with Gasteiger partial charge >= 0.3 is 0 Å². The topological polar surface area (TPSA) is 75.7 Å². The lowest BCUT2D eigenvalue weighted by molar-refractivity contribution is -0.119. The Balaban J connectivity index is 1.59. The van der Waals surface area contributed by atoms with Crippen molar-refractivity contribution in [2.24, 2.45) is 0 Å². The number of methoxy groups -OCH3 is 1. The summed E-state index contributed by atoms with van der Waals surface area (Å²) in [7, 11) is -2.37. The summed E-state index contributed by atoms with van der Waals surface area (Å²) < 4.78 is 33.3. The largest absolute Gasteiger partial charge is 0.495 e. The molecule has 3 aromatic carbocycles. The molecule has 0 atom stereocenters. The molecule has 0 aromatic heterocycles. The summed E-state index contributed by atoms with van der Waals surface area (Å²) in [5, 5.41) is 0.214. The van der Waals surface area contributed by atoms with Crippen LogP contribution >= 0.6 is 11.6 Å². The van der Waals surface area contributed by atoms with Gasteiger partial charge in [-0.05, 0) is 53.9 Å². The second kappa shape index (κ2) is 8.61. The molecule has 0 unspecified atom stereocenters. The average Bonchev–Trinajstić information content (AvgIpc) is 2.76. The molecule has 0 saturated heterocycles. The van der Waals surface area contributed by atoms with Gasteiger partial charge in [-0.1, -0.05) is 41.9 Å². The Morgan fingerprint density at radius 1 is 1.03 bits per heavy atom. The van der Waals surface area contributed by atoms with Crippen LogP contribution in [0.4, 0.5) is 11.4 Å². The first kappa shape index (κ1) is 21.2. The lowest BCUT2D eigenvalue weighted by Crippen LogP contribution is -2.34. The molecule has 1 aliphatic heterocycles. The molecule has 1 N–H and O–H groups in total. The fourth-order valence-corrected chi connectivity index (χ4v) is 4.99. The molecule has 0 radical (unpaired) electrons. The summed E-state index contributed by atoms with van der Waals surface area (Å²) in [5.74, 6) is 0.454. The first-order valence-corrected chi connectivity index (χ1v) is 11.6. The minimum Gasteiger partial charge on any atom is -0.495 e. The van der Waals surface area contributed by atoms with Crippen molar-refractivity contribution in [3.8, 4) is 5.75 Å². The van der Waals surface area contributed by atoms with Crippen molar-refractivity contribution in [3.63, 3.8) is 0 Å². The van der Waals surface area contributed by atoms with E-state index in [2.05, 4.69) is 4.72 Å². The summed E-state index contributed by atoms with van der Waals surface area (Å²) >= 11 is 6.07. The number of nitrogens with one attached hydrogen (secondary N) is 1. The molecule has 0 aliphatic carbocycles. The summed E-state index contributed by atoms with van der Waals surface area (Å²) in [6, 6.07) is 19.3. The van der Waals surface area contributed by atoms with Crippen LogP contribution < -0.4 is 14.4 Å². The normalized spacial score (nSPS) is 13.6. The third kappa shape index (κ3) is 4.52. The highest BCUT2D eigenvalue weighted by atomic mass is 35.5. The monoisotopic (exact) mass is 456 g/mol. The number of rotatable bonds is 6. The van der Waals surface area contributed by atoms with E-state index >= 15 is 0 Å². The predicted octanol–water partition coefficient (Wildman–Crippen LogP) is 4.63. The zero-order valence-electron chi connectivity index (χ0n) is 16.8. The number of ether oxygens (including phenoxy) is 1. The molecule has 1 heterocycles. The molecule has 8 heteroatoms. The Morgan fingerprint density at radius 2 is 1.81 bits per heavy atom. The number of amides is 1. The average molecular weight is 457 g/mol. The van der Waals surface area contributed by atoms with E-state index in [0.717, 1.165) is 16.8 Å². The quantitative estimate of drug-likeness (QED) is 0.586. The van der Waals surface area contributed by atoms with Gasteiger partial charge in [0.2, 0.25) is 5.91 Å². The van der Waals surface area contributed by atoms with E-state index < -0.39 is 10.0 Å². The van der Waals surface area contributed by atoms with E-state index in [1.807, 2.05) is 30.3 Å². The first-order chi connectivity index (χ1) is 14.9. The van der Waals surface area contributed by atoms with Gasteiger partial charge in [0.15, 0.2) is 0 Å². The molecule has 3 aromatic rings. The highest BCUT2D eigenvalue weighted by Gasteiger charge is 2.25. The van der Waals surface area contributed by atoms with E-state index in [9.17, 15) is 13.2 Å². The Morgan fingerprint density at radius 3 is 2.52 bits per heavy atom. The number of sulfonamides is 1. The van der Waals surface area contributed by atoms with Crippen LogP contribution in [0.5, 0.6) is 5.75 Å². The Labute approximate surface area is 186 Å². The van der Waals surface area contributed by atoms with E-state index in [1.165, 1.54) is 25.3 Å². The van der Waals surface area contributed by atoms with Gasteiger partial charge in [-0.2, -0.15) is 0 Å². The Bertz CT molecular complexity index is 1230. The third-order valence-electron chi connectivity index (χ3n) is 5.15. The SMILES string of the molecule is COc1ccc(S(=O)(=O)Nc2ccc3c(c2)CCC(=O)N3Cc2ccccc2)cc1Cl. The van der Waals surface area contributed by atoms with Crippen molar-refractivity contribution in [2.45, 2.75) is 24.3 Å². The molecule has 31 heavy (non-hydrogen) atoms. The van der Waals surface area contributed by atoms with Crippen LogP contribution in [0.3, 0.4) is 0 Å². The van der Waals surface area contributed by atoms with Crippen LogP contribution in [0.1, 0.15) is 17.5 Å². The number of hydrogen-bond acceptors (Lipinski definition) is 4. The van der Waals surface area contributed by atoms with Crippen molar-refractivity contribution in [1.82, 2.24) is 0 Å². The molecule has 1 amide bonds. The summed E-state index contributed by atoms with van der Waals surface area (Å²) in [6.45, 7) is 0.474. The number of hydrogen-bond donors (Lipinski definition) is 1. The van der Waals surface area contributed by atoms with E-state index in [1.54, 1.807) is 23.1 Å². The highest BCUT2D eigenvalue weighted by Crippen LogP contribution is 2.33. The number of anilines is 2. The van der Waals surface area contributed by atoms with Crippen LogP contribution in [0, 0.1) is 0 Å². The van der Waals surface area contributed by atoms with Crippen LogP contribution in [0.25, 0.3) is 0 Å². The molecule has 0 fully saturated rings. The maximum atomic E-state index is 12.8. The maximum Gasteiger partial charge on any atom is 0.261 e. The molecule has 0 spiro atoms. The first-order valence-electron chi connectivity index (χ1n) is 9.71. The second-order valence-corrected chi connectivity index (χ2v) is 9.30. The smallest absolute Gasteiger partial charge is 0.261 e. The summed E-state index contributed by atoms with van der Waals surface area (Å²) in [5.41, 5.74) is 3.18. The van der Waals surface area contributed by atoms with Gasteiger partial charge < -0.3 is 9.64 Å². The standard InChI is InChI=1S/C23H21ClN2O4S/c1-30-22-11-9-19(14-20(22)24)31(28,29)25-18-8-10-21-17(13-18)7-12-23(27)26(21)15-16-5-3-2-4-6-16/h2-6,8-11,13-14,25H,7,12,15H2,1H3. The molecule has 0 bridgehead atoms. The molecule has 1 aliphatic rings. The van der Waals surface area contributed by atoms with E-state index in [0.29, 0.717) is 30.8 Å². The molecular weight excluding hydrogens is 436 g/mol. The molecular formula is C23H21ClN2O4S. The Kier molecular flexibility index (Phi) is 5.89. The van der Waals surface area contributed by atoms with Gasteiger partial charge in [0.05, 0.1) is 23.6 Å². The molecule has 4 rings (SSSR count). The lowest BCUT2D eigenvalue weighted by Gasteiger charge is -2.30. The van der Waals surface area contributed by atoms with E-state index in [-0.39, 0.29) is 15.8 Å². The lowest BCUT2D eigenvalue weighted by atomic mass is 10.00. The maximum absolute atomic E-state index is 12.8. The predicted molar refractivity (Wildman–Crippen MR) is 121 cm³/mol. The van der Waals surface area contributed by atoms with Gasteiger partial charge in [-0.15, -0.1) is 0 Å². The number of carbonyl (C=O) groups is 1. The van der Waals surface area contributed by atoms with Crippen molar-refractivity contribution < 1.29 is 17.9 Å². The van der Waals surface area contributed by atoms with Crippen LogP contribution in [0.2, 0.25) is 5.02 Å².